The Bertz CT molecular complexity index is 1570. The van der Waals surface area contributed by atoms with Crippen LogP contribution in [-0.4, -0.2) is 68.7 Å². The van der Waals surface area contributed by atoms with E-state index in [-0.39, 0.29) is 23.6 Å². The first kappa shape index (κ1) is 33.4. The number of rotatable bonds is 12. The number of carboxylic acids is 1. The highest BCUT2D eigenvalue weighted by atomic mass is 31.2. The summed E-state index contributed by atoms with van der Waals surface area (Å²) in [6, 6.07) is 19.7. The molecule has 0 radical (unpaired) electrons. The molecule has 0 aromatic heterocycles. The molecule has 0 aliphatic carbocycles. The van der Waals surface area contributed by atoms with Crippen LogP contribution in [0.25, 0.3) is 11.1 Å². The van der Waals surface area contributed by atoms with Crippen LogP contribution in [0.4, 0.5) is 0 Å². The van der Waals surface area contributed by atoms with E-state index in [2.05, 4.69) is 10.6 Å². The Labute approximate surface area is 260 Å². The molecule has 12 nitrogen and oxygen atoms in total. The van der Waals surface area contributed by atoms with E-state index in [1.54, 1.807) is 4.90 Å². The van der Waals surface area contributed by atoms with Crippen molar-refractivity contribution in [3.8, 4) is 16.9 Å². The number of likely N-dealkylation sites (tertiary alicyclic amines) is 1. The number of nitrogens with zero attached hydrogens (tertiary/aromatic N) is 1. The molecule has 0 saturated carbocycles. The van der Waals surface area contributed by atoms with E-state index in [4.69, 9.17) is 9.84 Å². The lowest BCUT2D eigenvalue weighted by Gasteiger charge is -2.27. The van der Waals surface area contributed by atoms with E-state index in [1.165, 1.54) is 19.1 Å². The zero-order chi connectivity index (χ0) is 32.6. The molecule has 3 aromatic carbocycles. The minimum atomic E-state index is -4.89. The molecule has 3 aromatic rings. The van der Waals surface area contributed by atoms with E-state index < -0.39 is 49.4 Å². The van der Waals surface area contributed by atoms with Crippen LogP contribution in [0.3, 0.4) is 0 Å². The number of amides is 3. The maximum Gasteiger partial charge on any atom is 0.359 e. The van der Waals surface area contributed by atoms with Crippen molar-refractivity contribution in [2.75, 3.05) is 13.2 Å². The quantitative estimate of drug-likeness (QED) is 0.186. The van der Waals surface area contributed by atoms with Gasteiger partial charge in [-0.2, -0.15) is 0 Å². The van der Waals surface area contributed by atoms with Crippen LogP contribution in [0.5, 0.6) is 5.75 Å². The highest BCUT2D eigenvalue weighted by molar-refractivity contribution is 7.60. The van der Waals surface area contributed by atoms with Gasteiger partial charge in [0.1, 0.15) is 23.1 Å². The number of carbonyl (C=O) groups is 4. The number of benzene rings is 3. The van der Waals surface area contributed by atoms with E-state index in [1.807, 2.05) is 54.6 Å². The molecule has 1 aliphatic heterocycles. The Morgan fingerprint density at radius 3 is 2.29 bits per heavy atom. The normalized spacial score (nSPS) is 15.9. The van der Waals surface area contributed by atoms with E-state index in [9.17, 15) is 33.5 Å². The van der Waals surface area contributed by atoms with Crippen molar-refractivity contribution >= 4 is 36.6 Å². The molecule has 1 heterocycles. The molecule has 4 rings (SSSR count). The van der Waals surface area contributed by atoms with Gasteiger partial charge in [-0.3, -0.25) is 18.9 Å². The van der Waals surface area contributed by atoms with Crippen LogP contribution in [0.1, 0.15) is 37.3 Å². The summed E-state index contributed by atoms with van der Waals surface area (Å²) in [6.45, 7) is 1.32. The molecular formula is C32H36N3O9P. The molecule has 1 aliphatic rings. The summed E-state index contributed by atoms with van der Waals surface area (Å²) in [5, 5.41) is 13.7. The fourth-order valence-corrected chi connectivity index (χ4v) is 5.95. The summed E-state index contributed by atoms with van der Waals surface area (Å²) in [5.41, 5.74) is 3.37. The molecule has 5 N–H and O–H groups in total. The second-order valence-corrected chi connectivity index (χ2v) is 12.4. The van der Waals surface area contributed by atoms with E-state index in [0.717, 1.165) is 29.2 Å². The molecule has 1 fully saturated rings. The predicted octanol–water partition coefficient (Wildman–Crippen LogP) is 2.36. The average molecular weight is 638 g/mol. The molecule has 2 atom stereocenters. The average Bonchev–Trinajstić information content (AvgIpc) is 3.16. The first-order valence-corrected chi connectivity index (χ1v) is 16.1. The Hall–Kier alpha value is -4.51. The van der Waals surface area contributed by atoms with Crippen molar-refractivity contribution in [1.29, 1.82) is 0 Å². The number of nitrogens with one attached hydrogen (secondary N) is 2. The van der Waals surface area contributed by atoms with E-state index in [0.29, 0.717) is 25.9 Å². The van der Waals surface area contributed by atoms with Gasteiger partial charge >= 0.3 is 13.6 Å². The first-order valence-electron chi connectivity index (χ1n) is 14.4. The van der Waals surface area contributed by atoms with Crippen LogP contribution in [0.15, 0.2) is 72.8 Å². The Kier molecular flexibility index (Phi) is 11.1. The predicted molar refractivity (Wildman–Crippen MR) is 166 cm³/mol. The standard InChI is InChI=1S/C32H36N3O9P/c1-21(36)33-27(17-23-12-15-28(44-20-30(37)38)29(18-23)45(41,42)43)31(39)34-26-9-5-6-16-35(32(26)40)19-22-10-13-25(14-11-22)24-7-3-2-4-8-24/h2-4,7-8,10-15,18,26-27H,5-6,9,16-17,19-20H2,1H3,(H,33,36)(H,34,39)(H,37,38)(H2,41,42,43)/t26-,27+/m1/s1. The van der Waals surface area contributed by atoms with Crippen LogP contribution in [0, 0.1) is 0 Å². The van der Waals surface area contributed by atoms with E-state index >= 15 is 0 Å². The molecule has 0 unspecified atom stereocenters. The molecule has 1 saturated heterocycles. The molecule has 0 spiro atoms. The summed E-state index contributed by atoms with van der Waals surface area (Å²) >= 11 is 0. The second-order valence-electron chi connectivity index (χ2n) is 10.9. The third-order valence-electron chi connectivity index (χ3n) is 7.35. The molecule has 238 valence electrons. The van der Waals surface area contributed by atoms with Gasteiger partial charge in [-0.25, -0.2) is 4.79 Å². The van der Waals surface area contributed by atoms with Gasteiger partial charge in [-0.15, -0.1) is 0 Å². The largest absolute Gasteiger partial charge is 0.481 e. The summed E-state index contributed by atoms with van der Waals surface area (Å²) in [7, 11) is -4.89. The smallest absolute Gasteiger partial charge is 0.359 e. The van der Waals surface area contributed by atoms with Gasteiger partial charge < -0.3 is 35.2 Å². The highest BCUT2D eigenvalue weighted by Gasteiger charge is 2.32. The fourth-order valence-electron chi connectivity index (χ4n) is 5.19. The third-order valence-corrected chi connectivity index (χ3v) is 8.33. The fraction of sp³-hybridized carbons (Fsp3) is 0.312. The highest BCUT2D eigenvalue weighted by Crippen LogP contribution is 2.38. The molecule has 3 amide bonds. The second kappa shape index (κ2) is 15.0. The van der Waals surface area contributed by atoms with Gasteiger partial charge in [0.2, 0.25) is 17.7 Å². The van der Waals surface area contributed by atoms with Crippen molar-refractivity contribution in [2.45, 2.75) is 51.2 Å². The lowest BCUT2D eigenvalue weighted by molar-refractivity contribution is -0.139. The van der Waals surface area contributed by atoms with Crippen molar-refractivity contribution in [2.24, 2.45) is 0 Å². The van der Waals surface area contributed by atoms with Gasteiger partial charge in [0.05, 0.1) is 0 Å². The number of carboxylic acid groups (broad SMARTS) is 1. The SMILES string of the molecule is CC(=O)N[C@@H](Cc1ccc(OCC(=O)O)c(P(=O)(O)O)c1)C(=O)N[C@@H]1CCCCN(Cc2ccc(-c3ccccc3)cc2)C1=O. The maximum absolute atomic E-state index is 13.6. The third kappa shape index (κ3) is 9.49. The number of aliphatic carboxylic acids is 1. The topological polar surface area (TPSA) is 183 Å². The number of carbonyl (C=O) groups excluding carboxylic acids is 3. The summed E-state index contributed by atoms with van der Waals surface area (Å²) in [6.07, 6.45) is 1.72. The maximum atomic E-state index is 13.6. The lowest BCUT2D eigenvalue weighted by atomic mass is 10.0. The van der Waals surface area contributed by atoms with Gasteiger partial charge in [0.25, 0.3) is 0 Å². The first-order chi connectivity index (χ1) is 21.4. The van der Waals surface area contributed by atoms with Crippen molar-refractivity contribution in [3.05, 3.63) is 83.9 Å². The summed E-state index contributed by atoms with van der Waals surface area (Å²) in [4.78, 5) is 71.2. The lowest BCUT2D eigenvalue weighted by Crippen LogP contribution is -2.54. The number of ether oxygens (including phenoxy) is 1. The molecule has 0 bridgehead atoms. The van der Waals surface area contributed by atoms with Crippen LogP contribution in [0.2, 0.25) is 0 Å². The van der Waals surface area contributed by atoms with Crippen LogP contribution in [-0.2, 0) is 36.7 Å². The molecular weight excluding hydrogens is 601 g/mol. The van der Waals surface area contributed by atoms with Crippen molar-refractivity contribution in [1.82, 2.24) is 15.5 Å². The zero-order valence-corrected chi connectivity index (χ0v) is 25.6. The zero-order valence-electron chi connectivity index (χ0n) is 24.7. The van der Waals surface area contributed by atoms with Gasteiger partial charge in [-0.05, 0) is 53.6 Å². The van der Waals surface area contributed by atoms with Crippen LogP contribution < -0.4 is 20.7 Å². The van der Waals surface area contributed by atoms with Gasteiger partial charge in [0, 0.05) is 26.4 Å². The van der Waals surface area contributed by atoms with Gasteiger partial charge in [-0.1, -0.05) is 60.7 Å². The number of hydrogen-bond acceptors (Lipinski definition) is 6. The van der Waals surface area contributed by atoms with Crippen molar-refractivity contribution in [3.63, 3.8) is 0 Å². The minimum absolute atomic E-state index is 0.157. The van der Waals surface area contributed by atoms with Crippen LogP contribution >= 0.6 is 7.60 Å². The summed E-state index contributed by atoms with van der Waals surface area (Å²) in [5.74, 6) is -3.01. The Morgan fingerprint density at radius 1 is 0.978 bits per heavy atom. The van der Waals surface area contributed by atoms with Crippen molar-refractivity contribution < 1.29 is 43.4 Å². The minimum Gasteiger partial charge on any atom is -0.481 e. The summed E-state index contributed by atoms with van der Waals surface area (Å²) < 4.78 is 17.1. The number of hydrogen-bond donors (Lipinski definition) is 5. The molecule has 45 heavy (non-hydrogen) atoms. The van der Waals surface area contributed by atoms with Gasteiger partial charge in [0.15, 0.2) is 6.61 Å². The Morgan fingerprint density at radius 2 is 1.64 bits per heavy atom. The molecule has 13 heteroatoms. The Balaban J connectivity index is 1.46. The monoisotopic (exact) mass is 637 g/mol.